The van der Waals surface area contributed by atoms with Gasteiger partial charge in [-0.2, -0.15) is 4.98 Å². The molecule has 2 unspecified atom stereocenters. The van der Waals surface area contributed by atoms with Gasteiger partial charge in [-0.3, -0.25) is 18.5 Å². The SMILES string of the molecule is CCC(C)(C[C@H]1O[C@@H](n2cnc3c(=O)n(C)c(N)nc32)[C@H](O)[C@@H]1O)OP(=O)(O)[C@@](C)(O)CC. The lowest BCUT2D eigenvalue weighted by Crippen LogP contribution is -2.40. The minimum Gasteiger partial charge on any atom is -0.388 e. The second-order valence-electron chi connectivity index (χ2n) is 8.89. The summed E-state index contributed by atoms with van der Waals surface area (Å²) in [4.78, 5) is 30.9. The molecule has 0 radical (unpaired) electrons. The molecule has 14 heteroatoms. The average Bonchev–Trinajstić information content (AvgIpc) is 3.27. The van der Waals surface area contributed by atoms with Gasteiger partial charge in [-0.15, -0.1) is 0 Å². The van der Waals surface area contributed by atoms with Gasteiger partial charge in [0.2, 0.25) is 5.95 Å². The molecule has 0 aliphatic carbocycles. The summed E-state index contributed by atoms with van der Waals surface area (Å²) in [5.74, 6) is -0.0625. The van der Waals surface area contributed by atoms with E-state index >= 15 is 0 Å². The Labute approximate surface area is 190 Å². The molecule has 0 saturated carbocycles. The van der Waals surface area contributed by atoms with Crippen LogP contribution in [0.1, 0.15) is 53.2 Å². The van der Waals surface area contributed by atoms with Crippen molar-refractivity contribution in [2.24, 2.45) is 7.05 Å². The van der Waals surface area contributed by atoms with Gasteiger partial charge in [0.05, 0.1) is 18.0 Å². The average molecular weight is 489 g/mol. The number of hydrogen-bond donors (Lipinski definition) is 5. The lowest BCUT2D eigenvalue weighted by molar-refractivity contribution is -0.0689. The Hall–Kier alpha value is -1.86. The molecule has 33 heavy (non-hydrogen) atoms. The fourth-order valence-electron chi connectivity index (χ4n) is 3.65. The molecule has 0 amide bonds. The largest absolute Gasteiger partial charge is 0.388 e. The van der Waals surface area contributed by atoms with E-state index in [1.54, 1.807) is 20.8 Å². The number of nitrogens with zero attached hydrogens (tertiary/aromatic N) is 4. The fourth-order valence-corrected chi connectivity index (χ4v) is 5.04. The van der Waals surface area contributed by atoms with Crippen molar-refractivity contribution in [3.63, 3.8) is 0 Å². The fraction of sp³-hybridized carbons (Fsp3) is 0.737. The van der Waals surface area contributed by atoms with E-state index in [-0.39, 0.29) is 36.4 Å². The van der Waals surface area contributed by atoms with E-state index in [2.05, 4.69) is 9.97 Å². The first-order chi connectivity index (χ1) is 15.2. The van der Waals surface area contributed by atoms with Crippen LogP contribution < -0.4 is 11.3 Å². The molecule has 3 rings (SSSR count). The molecule has 186 valence electrons. The number of aliphatic hydroxyl groups excluding tert-OH is 2. The predicted molar refractivity (Wildman–Crippen MR) is 118 cm³/mol. The van der Waals surface area contributed by atoms with Crippen molar-refractivity contribution in [2.75, 3.05) is 5.73 Å². The molecule has 3 heterocycles. The molecule has 2 aromatic heterocycles. The highest BCUT2D eigenvalue weighted by molar-refractivity contribution is 7.54. The molecule has 1 aliphatic rings. The van der Waals surface area contributed by atoms with Gasteiger partial charge in [-0.05, 0) is 26.7 Å². The van der Waals surface area contributed by atoms with Gasteiger partial charge in [0, 0.05) is 13.5 Å². The number of ether oxygens (including phenoxy) is 1. The van der Waals surface area contributed by atoms with E-state index in [0.717, 1.165) is 4.57 Å². The standard InChI is InChI=1S/C19H32N5O8P/c1-6-18(3,32-33(29,30)19(4,28)7-2)8-10-12(25)13(26)16(31-10)24-9-21-11-14(24)22-17(20)23(5)15(11)27/h9-10,12-13,16,25-26,28H,6-8H2,1-5H3,(H2,20,22)(H,29,30)/t10-,12-,13-,16-,18?,19-/m1/s1. The molecular weight excluding hydrogens is 457 g/mol. The maximum atomic E-state index is 12.7. The number of nitrogens with two attached hydrogens (primary N) is 1. The zero-order valence-electron chi connectivity index (χ0n) is 19.2. The van der Waals surface area contributed by atoms with Crippen LogP contribution >= 0.6 is 7.60 Å². The predicted octanol–water partition coefficient (Wildman–Crippen LogP) is 0.211. The van der Waals surface area contributed by atoms with Gasteiger partial charge in [-0.1, -0.05) is 13.8 Å². The Kier molecular flexibility index (Phi) is 6.82. The Balaban J connectivity index is 1.88. The van der Waals surface area contributed by atoms with Gasteiger partial charge in [0.25, 0.3) is 5.56 Å². The number of imidazole rings is 1. The summed E-state index contributed by atoms with van der Waals surface area (Å²) in [6, 6.07) is 0. The lowest BCUT2D eigenvalue weighted by atomic mass is 9.93. The van der Waals surface area contributed by atoms with E-state index in [1.165, 1.54) is 24.9 Å². The van der Waals surface area contributed by atoms with E-state index in [9.17, 15) is 29.6 Å². The molecular formula is C19H32N5O8P. The summed E-state index contributed by atoms with van der Waals surface area (Å²) in [6.45, 7) is 6.07. The Morgan fingerprint density at radius 1 is 1.27 bits per heavy atom. The zero-order valence-corrected chi connectivity index (χ0v) is 20.1. The molecule has 6 N–H and O–H groups in total. The number of aliphatic hydroxyl groups is 3. The second-order valence-corrected chi connectivity index (χ2v) is 11.1. The highest BCUT2D eigenvalue weighted by Gasteiger charge is 2.50. The van der Waals surface area contributed by atoms with Crippen LogP contribution in [0.5, 0.6) is 0 Å². The number of hydrogen-bond acceptors (Lipinski definition) is 10. The van der Waals surface area contributed by atoms with Crippen molar-refractivity contribution in [3.05, 3.63) is 16.7 Å². The van der Waals surface area contributed by atoms with Crippen LogP contribution in [0.4, 0.5) is 5.95 Å². The maximum Gasteiger partial charge on any atom is 0.359 e. The van der Waals surface area contributed by atoms with Crippen molar-refractivity contribution in [3.8, 4) is 0 Å². The number of anilines is 1. The lowest BCUT2D eigenvalue weighted by Gasteiger charge is -2.37. The van der Waals surface area contributed by atoms with Crippen LogP contribution in [0.25, 0.3) is 11.2 Å². The third-order valence-corrected chi connectivity index (χ3v) is 8.68. The van der Waals surface area contributed by atoms with Gasteiger partial charge >= 0.3 is 7.60 Å². The van der Waals surface area contributed by atoms with Gasteiger partial charge in [0.1, 0.15) is 12.2 Å². The van der Waals surface area contributed by atoms with Crippen molar-refractivity contribution in [1.82, 2.24) is 19.1 Å². The van der Waals surface area contributed by atoms with E-state index in [4.69, 9.17) is 15.0 Å². The summed E-state index contributed by atoms with van der Waals surface area (Å²) in [7, 11) is -3.01. The molecule has 0 bridgehead atoms. The first-order valence-electron chi connectivity index (χ1n) is 10.6. The van der Waals surface area contributed by atoms with Gasteiger partial charge in [0.15, 0.2) is 22.7 Å². The summed E-state index contributed by atoms with van der Waals surface area (Å²) in [5.41, 5.74) is 4.14. The van der Waals surface area contributed by atoms with E-state index < -0.39 is 48.6 Å². The minimum absolute atomic E-state index is 0.00674. The molecule has 0 spiro atoms. The third-order valence-electron chi connectivity index (χ3n) is 6.45. The molecule has 0 aromatic carbocycles. The topological polar surface area (TPSA) is 195 Å². The highest BCUT2D eigenvalue weighted by atomic mass is 31.2. The molecule has 1 fully saturated rings. The van der Waals surface area contributed by atoms with Crippen molar-refractivity contribution < 1.29 is 34.0 Å². The van der Waals surface area contributed by atoms with E-state index in [1.807, 2.05) is 0 Å². The van der Waals surface area contributed by atoms with Gasteiger partial charge in [-0.25, -0.2) is 4.98 Å². The summed E-state index contributed by atoms with van der Waals surface area (Å²) < 4.78 is 26.6. The zero-order chi connectivity index (χ0) is 24.9. The summed E-state index contributed by atoms with van der Waals surface area (Å²) in [6.07, 6.45) is -3.49. The quantitative estimate of drug-likeness (QED) is 0.318. The van der Waals surface area contributed by atoms with E-state index in [0.29, 0.717) is 0 Å². The molecule has 13 nitrogen and oxygen atoms in total. The number of aromatic nitrogens is 4. The first kappa shape index (κ1) is 25.8. The highest BCUT2D eigenvalue weighted by Crippen LogP contribution is 2.59. The molecule has 1 aliphatic heterocycles. The van der Waals surface area contributed by atoms with Crippen LogP contribution in [-0.2, 0) is 20.9 Å². The molecule has 7 atom stereocenters. The Bertz CT molecular complexity index is 1130. The second kappa shape index (κ2) is 8.73. The first-order valence-corrected chi connectivity index (χ1v) is 12.2. The minimum atomic E-state index is -4.46. The van der Waals surface area contributed by atoms with Crippen LogP contribution in [0.3, 0.4) is 0 Å². The van der Waals surface area contributed by atoms with Crippen molar-refractivity contribution in [2.45, 2.75) is 82.4 Å². The maximum absolute atomic E-state index is 12.7. The van der Waals surface area contributed by atoms with Crippen molar-refractivity contribution >= 4 is 24.7 Å². The summed E-state index contributed by atoms with van der Waals surface area (Å²) >= 11 is 0. The van der Waals surface area contributed by atoms with Gasteiger partial charge < -0.3 is 35.2 Å². The Morgan fingerprint density at radius 3 is 2.48 bits per heavy atom. The van der Waals surface area contributed by atoms with Crippen LogP contribution in [0, 0.1) is 0 Å². The molecule has 1 saturated heterocycles. The van der Waals surface area contributed by atoms with Crippen LogP contribution in [0.2, 0.25) is 0 Å². The number of rotatable bonds is 8. The molecule has 2 aromatic rings. The number of nitrogen functional groups attached to an aromatic ring is 1. The number of fused-ring (bicyclic) bond motifs is 1. The smallest absolute Gasteiger partial charge is 0.359 e. The monoisotopic (exact) mass is 489 g/mol. The Morgan fingerprint density at radius 2 is 1.91 bits per heavy atom. The summed E-state index contributed by atoms with van der Waals surface area (Å²) in [5, 5.41) is 29.7. The van der Waals surface area contributed by atoms with Crippen LogP contribution in [-0.4, -0.2) is 68.6 Å². The van der Waals surface area contributed by atoms with Crippen molar-refractivity contribution in [1.29, 1.82) is 0 Å². The third kappa shape index (κ3) is 4.46. The normalized spacial score (nSPS) is 29.0. The van der Waals surface area contributed by atoms with Crippen LogP contribution in [0.15, 0.2) is 11.1 Å².